The first-order valence-electron chi connectivity index (χ1n) is 18.7. The minimum Gasteiger partial charge on any atom is -0.494 e. The summed E-state index contributed by atoms with van der Waals surface area (Å²) < 4.78 is 49.2. The number of fused-ring (bicyclic) bond motifs is 2. The van der Waals surface area contributed by atoms with Crippen LogP contribution in [0, 0.1) is 13.1 Å². The minimum absolute atomic E-state index is 0.0272. The third-order valence-electron chi connectivity index (χ3n) is 10.8. The van der Waals surface area contributed by atoms with Crippen LogP contribution in [-0.4, -0.2) is 38.6 Å². The summed E-state index contributed by atoms with van der Waals surface area (Å²) in [6.07, 6.45) is 1.74. The van der Waals surface area contributed by atoms with Gasteiger partial charge in [0, 0.05) is 11.1 Å². The van der Waals surface area contributed by atoms with Crippen LogP contribution in [0.5, 0.6) is 17.2 Å². The molecule has 0 bridgehead atoms. The Bertz CT molecular complexity index is 2460. The molecular formula is C44H45N5O7S. The van der Waals surface area contributed by atoms with Crippen LogP contribution in [0.3, 0.4) is 0 Å². The number of nitrogens with zero attached hydrogens (tertiary/aromatic N) is 3. The van der Waals surface area contributed by atoms with E-state index in [1.807, 2.05) is 19.1 Å². The van der Waals surface area contributed by atoms with Gasteiger partial charge in [0.2, 0.25) is 9.84 Å². The van der Waals surface area contributed by atoms with Crippen LogP contribution >= 0.6 is 0 Å². The quantitative estimate of drug-likeness (QED) is 0.145. The summed E-state index contributed by atoms with van der Waals surface area (Å²) in [6, 6.07) is 21.8. The summed E-state index contributed by atoms with van der Waals surface area (Å²) >= 11 is 0. The van der Waals surface area contributed by atoms with Gasteiger partial charge in [0.25, 0.3) is 5.91 Å². The third-order valence-corrected chi connectivity index (χ3v) is 13.0. The highest BCUT2D eigenvalue weighted by Crippen LogP contribution is 2.57. The Morgan fingerprint density at radius 3 is 2.23 bits per heavy atom. The number of carbonyl (C=O) groups excluding carboxylic acids is 2. The van der Waals surface area contributed by atoms with Gasteiger partial charge in [-0.2, -0.15) is 9.69 Å². The van der Waals surface area contributed by atoms with Crippen molar-refractivity contribution in [1.82, 2.24) is 0 Å². The molecule has 4 aromatic carbocycles. The Morgan fingerprint density at radius 1 is 0.895 bits per heavy atom. The second-order valence-electron chi connectivity index (χ2n) is 15.0. The largest absolute Gasteiger partial charge is 0.530 e. The van der Waals surface area contributed by atoms with E-state index in [1.165, 1.54) is 36.4 Å². The van der Waals surface area contributed by atoms with E-state index in [0.717, 1.165) is 28.9 Å². The lowest BCUT2D eigenvalue weighted by Crippen LogP contribution is -2.60. The standard InChI is InChI=1S/C44H45N5O7S/c1-10-42(4,5)28-20-25-35(32(26-28)43(6,7)11-2)55-27-37(50)47-34-18-15-16-31-38(40(45-8)46-9)44(57(52,53)39(31)34)49(29-21-23-30(24-22-29)54-12-3)41(51)48-33-17-13-14-19-36(33)56-44/h13-26H,10-12,27H2,1-7H3,(H,47,50)(H,48,51). The van der Waals surface area contributed by atoms with Crippen LogP contribution in [0.15, 0.2) is 95.6 Å². The van der Waals surface area contributed by atoms with E-state index in [-0.39, 0.29) is 44.8 Å². The number of carbonyl (C=O) groups is 2. The number of para-hydroxylation sites is 2. The van der Waals surface area contributed by atoms with E-state index in [0.29, 0.717) is 18.1 Å². The summed E-state index contributed by atoms with van der Waals surface area (Å²) in [5, 5.41) is 2.63. The molecule has 6 rings (SSSR count). The second-order valence-corrected chi connectivity index (χ2v) is 17.0. The SMILES string of the molecule is [C-]#[N+]C([N+]#[C-])=C1c2cccc(NC(=O)COc3ccc(C(C)(C)CC)cc3C(C)(C)CC)c2S(=O)(=O)C12Oc1ccccc1NC(=O)N2c1ccc(OCC)cc1. The molecule has 2 aliphatic heterocycles. The summed E-state index contributed by atoms with van der Waals surface area (Å²) in [4.78, 5) is 35.5. The van der Waals surface area contributed by atoms with E-state index in [1.54, 1.807) is 30.3 Å². The number of anilines is 3. The fraction of sp³-hybridized carbons (Fsp3) is 0.318. The lowest BCUT2D eigenvalue weighted by Gasteiger charge is -2.38. The van der Waals surface area contributed by atoms with Gasteiger partial charge in [-0.05, 0) is 84.7 Å². The van der Waals surface area contributed by atoms with Gasteiger partial charge in [-0.3, -0.25) is 4.79 Å². The molecule has 0 fully saturated rings. The molecule has 3 amide bonds. The molecule has 1 spiro atoms. The average Bonchev–Trinajstić information content (AvgIpc) is 3.28. The molecule has 1 unspecified atom stereocenters. The van der Waals surface area contributed by atoms with Crippen molar-refractivity contribution in [1.29, 1.82) is 0 Å². The van der Waals surface area contributed by atoms with E-state index in [4.69, 9.17) is 27.4 Å². The molecule has 0 saturated carbocycles. The van der Waals surface area contributed by atoms with Crippen molar-refractivity contribution in [3.05, 3.63) is 130 Å². The molecule has 2 aliphatic rings. The van der Waals surface area contributed by atoms with Crippen LogP contribution < -0.4 is 29.7 Å². The number of hydrogen-bond acceptors (Lipinski definition) is 7. The molecule has 0 aliphatic carbocycles. The maximum Gasteiger partial charge on any atom is 0.530 e. The van der Waals surface area contributed by atoms with Crippen molar-refractivity contribution in [2.45, 2.75) is 82.1 Å². The summed E-state index contributed by atoms with van der Waals surface area (Å²) in [6.45, 7) is 30.5. The monoisotopic (exact) mass is 787 g/mol. The lowest BCUT2D eigenvalue weighted by molar-refractivity contribution is -0.118. The Hall–Kier alpha value is -6.31. The number of rotatable bonds is 11. The van der Waals surface area contributed by atoms with Crippen LogP contribution in [0.1, 0.15) is 78.0 Å². The molecule has 2 heterocycles. The first-order valence-corrected chi connectivity index (χ1v) is 20.2. The van der Waals surface area contributed by atoms with Gasteiger partial charge >= 0.3 is 16.9 Å². The van der Waals surface area contributed by atoms with Crippen LogP contribution in [0.25, 0.3) is 15.3 Å². The fourth-order valence-corrected chi connectivity index (χ4v) is 9.18. The predicted molar refractivity (Wildman–Crippen MR) is 220 cm³/mol. The van der Waals surface area contributed by atoms with Gasteiger partial charge in [-0.15, -0.1) is 0 Å². The number of ether oxygens (including phenoxy) is 3. The molecule has 4 aromatic rings. The van der Waals surface area contributed by atoms with Crippen LogP contribution in [0.2, 0.25) is 0 Å². The molecular weight excluding hydrogens is 743 g/mol. The van der Waals surface area contributed by atoms with E-state index < -0.39 is 44.2 Å². The molecule has 57 heavy (non-hydrogen) atoms. The predicted octanol–water partition coefficient (Wildman–Crippen LogP) is 9.56. The highest BCUT2D eigenvalue weighted by atomic mass is 32.2. The van der Waals surface area contributed by atoms with Gasteiger partial charge in [0.05, 0.1) is 23.7 Å². The van der Waals surface area contributed by atoms with Gasteiger partial charge in [0.1, 0.15) is 40.9 Å². The van der Waals surface area contributed by atoms with Crippen LogP contribution in [0.4, 0.5) is 21.9 Å². The topological polar surface area (TPSA) is 132 Å². The van der Waals surface area contributed by atoms with E-state index >= 15 is 8.42 Å². The number of nitrogens with one attached hydrogen (secondary N) is 2. The Kier molecular flexibility index (Phi) is 10.8. The molecule has 294 valence electrons. The summed E-state index contributed by atoms with van der Waals surface area (Å²) in [5.41, 5.74) is 1.35. The first kappa shape index (κ1) is 40.4. The van der Waals surface area contributed by atoms with Crippen molar-refractivity contribution in [2.75, 3.05) is 28.7 Å². The molecule has 0 radical (unpaired) electrons. The fourth-order valence-electron chi connectivity index (χ4n) is 6.93. The van der Waals surface area contributed by atoms with E-state index in [9.17, 15) is 9.59 Å². The average molecular weight is 788 g/mol. The maximum absolute atomic E-state index is 15.5. The Labute approximate surface area is 334 Å². The first-order chi connectivity index (χ1) is 27.1. The van der Waals surface area contributed by atoms with Gasteiger partial charge in [-0.25, -0.2) is 18.1 Å². The summed E-state index contributed by atoms with van der Waals surface area (Å²) in [5.74, 6) is -0.339. The molecule has 13 heteroatoms. The Balaban J connectivity index is 1.47. The Morgan fingerprint density at radius 2 is 1.58 bits per heavy atom. The highest BCUT2D eigenvalue weighted by Gasteiger charge is 2.68. The zero-order valence-electron chi connectivity index (χ0n) is 33.0. The van der Waals surface area contributed by atoms with Crippen molar-refractivity contribution in [2.24, 2.45) is 0 Å². The number of amides is 3. The molecule has 0 aromatic heterocycles. The number of sulfone groups is 1. The zero-order valence-corrected chi connectivity index (χ0v) is 33.8. The van der Waals surface area contributed by atoms with Crippen molar-refractivity contribution in [3.63, 3.8) is 0 Å². The van der Waals surface area contributed by atoms with Gasteiger partial charge in [-0.1, -0.05) is 77.9 Å². The highest BCUT2D eigenvalue weighted by molar-refractivity contribution is 7.94. The minimum atomic E-state index is -4.98. The molecule has 12 nitrogen and oxygen atoms in total. The molecule has 2 N–H and O–H groups in total. The number of benzene rings is 4. The van der Waals surface area contributed by atoms with Gasteiger partial charge in [0.15, 0.2) is 6.61 Å². The van der Waals surface area contributed by atoms with Crippen molar-refractivity contribution in [3.8, 4) is 17.2 Å². The summed E-state index contributed by atoms with van der Waals surface area (Å²) in [7, 11) is -4.98. The second kappa shape index (κ2) is 15.3. The normalized spacial score (nSPS) is 16.9. The van der Waals surface area contributed by atoms with Crippen LogP contribution in [-0.2, 0) is 25.5 Å². The number of hydrogen-bond donors (Lipinski definition) is 2. The molecule has 0 saturated heterocycles. The third kappa shape index (κ3) is 6.93. The maximum atomic E-state index is 15.5. The molecule has 1 atom stereocenters. The number of urea groups is 1. The van der Waals surface area contributed by atoms with Gasteiger partial charge < -0.3 is 24.8 Å². The van der Waals surface area contributed by atoms with Crippen molar-refractivity contribution < 1.29 is 32.2 Å². The van der Waals surface area contributed by atoms with Crippen molar-refractivity contribution >= 4 is 44.4 Å². The smallest absolute Gasteiger partial charge is 0.494 e. The van der Waals surface area contributed by atoms with E-state index in [2.05, 4.69) is 67.9 Å². The zero-order chi connectivity index (χ0) is 41.3. The lowest BCUT2D eigenvalue weighted by atomic mass is 9.76.